The molecule has 128 valence electrons. The molecule has 4 nitrogen and oxygen atoms in total. The number of hydrogen-bond donors (Lipinski definition) is 1. The van der Waals surface area contributed by atoms with Crippen LogP contribution in [0.15, 0.2) is 24.3 Å². The van der Waals surface area contributed by atoms with Crippen molar-refractivity contribution in [2.24, 2.45) is 11.3 Å². The highest BCUT2D eigenvalue weighted by molar-refractivity contribution is 6.30. The molecule has 0 bridgehead atoms. The summed E-state index contributed by atoms with van der Waals surface area (Å²) >= 11 is 5.84. The summed E-state index contributed by atoms with van der Waals surface area (Å²) in [6, 6.07) is 7.29. The van der Waals surface area contributed by atoms with E-state index in [1.165, 1.54) is 0 Å². The molecular weight excluding hydrogens is 335 g/mol. The summed E-state index contributed by atoms with van der Waals surface area (Å²) in [4.78, 5) is 14.3. The molecule has 2 fully saturated rings. The van der Waals surface area contributed by atoms with Crippen molar-refractivity contribution in [3.05, 3.63) is 29.3 Å². The Morgan fingerprint density at radius 2 is 2.00 bits per heavy atom. The quantitative estimate of drug-likeness (QED) is 0.879. The predicted molar refractivity (Wildman–Crippen MR) is 94.5 cm³/mol. The van der Waals surface area contributed by atoms with Gasteiger partial charge in [-0.25, -0.2) is 0 Å². The third-order valence-electron chi connectivity index (χ3n) is 4.97. The van der Waals surface area contributed by atoms with Gasteiger partial charge < -0.3 is 15.0 Å². The summed E-state index contributed by atoms with van der Waals surface area (Å²) in [5, 5.41) is 4.07. The third kappa shape index (κ3) is 4.31. The van der Waals surface area contributed by atoms with Crippen molar-refractivity contribution < 1.29 is 9.53 Å². The number of nitrogens with one attached hydrogen (secondary N) is 1. The van der Waals surface area contributed by atoms with Crippen molar-refractivity contribution in [1.82, 2.24) is 10.2 Å². The van der Waals surface area contributed by atoms with Crippen LogP contribution in [0.5, 0.6) is 5.75 Å². The van der Waals surface area contributed by atoms with Gasteiger partial charge >= 0.3 is 0 Å². The highest BCUT2D eigenvalue weighted by Gasteiger charge is 2.58. The van der Waals surface area contributed by atoms with Crippen LogP contribution in [0.4, 0.5) is 0 Å². The standard InChI is InChI=1S/C17H23ClN2O2.ClH/c1-20(10-11-22-14-4-2-13(18)3-5-14)16(21)15-12-17(15)6-8-19-9-7-17;/h2-5,15,19H,6-12H2,1H3;1H. The van der Waals surface area contributed by atoms with E-state index in [0.717, 1.165) is 38.1 Å². The van der Waals surface area contributed by atoms with Gasteiger partial charge in [0.05, 0.1) is 6.54 Å². The molecule has 1 aromatic rings. The molecule has 1 unspecified atom stereocenters. The predicted octanol–water partition coefficient (Wildman–Crippen LogP) is 2.99. The van der Waals surface area contributed by atoms with Crippen LogP contribution in [0, 0.1) is 11.3 Å². The van der Waals surface area contributed by atoms with Crippen LogP contribution in [-0.2, 0) is 4.79 Å². The third-order valence-corrected chi connectivity index (χ3v) is 5.22. The Morgan fingerprint density at radius 1 is 1.35 bits per heavy atom. The number of amides is 1. The zero-order valence-electron chi connectivity index (χ0n) is 13.4. The number of nitrogens with zero attached hydrogens (tertiary/aromatic N) is 1. The molecule has 1 aliphatic heterocycles. The van der Waals surface area contributed by atoms with Crippen molar-refractivity contribution in [2.45, 2.75) is 19.3 Å². The second-order valence-corrected chi connectivity index (χ2v) is 6.87. The minimum Gasteiger partial charge on any atom is -0.492 e. The Bertz CT molecular complexity index is 530. The maximum absolute atomic E-state index is 12.5. The number of rotatable bonds is 5. The van der Waals surface area contributed by atoms with Crippen LogP contribution in [0.25, 0.3) is 0 Å². The summed E-state index contributed by atoms with van der Waals surface area (Å²) in [5.41, 5.74) is 0.299. The summed E-state index contributed by atoms with van der Waals surface area (Å²) in [6.07, 6.45) is 3.34. The molecule has 1 heterocycles. The number of piperidine rings is 1. The van der Waals surface area contributed by atoms with Gasteiger partial charge in [0.2, 0.25) is 5.91 Å². The molecular formula is C17H24Cl2N2O2. The molecule has 6 heteroatoms. The number of carbonyl (C=O) groups is 1. The van der Waals surface area contributed by atoms with E-state index in [1.54, 1.807) is 12.1 Å². The fraction of sp³-hybridized carbons (Fsp3) is 0.588. The van der Waals surface area contributed by atoms with E-state index in [0.29, 0.717) is 23.6 Å². The highest BCUT2D eigenvalue weighted by Crippen LogP contribution is 2.59. The van der Waals surface area contributed by atoms with Crippen LogP contribution in [0.3, 0.4) is 0 Å². The van der Waals surface area contributed by atoms with E-state index in [-0.39, 0.29) is 24.2 Å². The van der Waals surface area contributed by atoms with E-state index in [2.05, 4.69) is 5.32 Å². The number of halogens is 2. The minimum atomic E-state index is 0. The topological polar surface area (TPSA) is 41.6 Å². The molecule has 1 aromatic carbocycles. The van der Waals surface area contributed by atoms with E-state index < -0.39 is 0 Å². The first-order valence-electron chi connectivity index (χ1n) is 7.95. The zero-order valence-corrected chi connectivity index (χ0v) is 15.0. The fourth-order valence-electron chi connectivity index (χ4n) is 3.38. The molecule has 0 radical (unpaired) electrons. The first-order valence-corrected chi connectivity index (χ1v) is 8.33. The van der Waals surface area contributed by atoms with Crippen LogP contribution in [0.1, 0.15) is 19.3 Å². The SMILES string of the molecule is CN(CCOc1ccc(Cl)cc1)C(=O)C1CC12CCNCC2.Cl. The van der Waals surface area contributed by atoms with Gasteiger partial charge in [0.1, 0.15) is 12.4 Å². The lowest BCUT2D eigenvalue weighted by molar-refractivity contribution is -0.132. The summed E-state index contributed by atoms with van der Waals surface area (Å²) in [5.74, 6) is 1.29. The highest BCUT2D eigenvalue weighted by atomic mass is 35.5. The van der Waals surface area contributed by atoms with Gasteiger partial charge in [-0.2, -0.15) is 0 Å². The van der Waals surface area contributed by atoms with Crippen LogP contribution >= 0.6 is 24.0 Å². The Balaban J connectivity index is 0.00000192. The minimum absolute atomic E-state index is 0. The Morgan fingerprint density at radius 3 is 2.65 bits per heavy atom. The molecule has 0 aromatic heterocycles. The molecule has 1 aliphatic carbocycles. The second-order valence-electron chi connectivity index (χ2n) is 6.43. The lowest BCUT2D eigenvalue weighted by atomic mass is 9.91. The van der Waals surface area contributed by atoms with Gasteiger partial charge in [-0.3, -0.25) is 4.79 Å². The lowest BCUT2D eigenvalue weighted by Crippen LogP contribution is -2.36. The molecule has 1 spiro atoms. The van der Waals surface area contributed by atoms with E-state index in [9.17, 15) is 4.79 Å². The zero-order chi connectivity index (χ0) is 15.6. The number of benzene rings is 1. The molecule has 1 atom stereocenters. The van der Waals surface area contributed by atoms with Gasteiger partial charge in [0.25, 0.3) is 0 Å². The van der Waals surface area contributed by atoms with Gasteiger partial charge in [-0.15, -0.1) is 12.4 Å². The van der Waals surface area contributed by atoms with Crippen LogP contribution < -0.4 is 10.1 Å². The van der Waals surface area contributed by atoms with Gasteiger partial charge in [0.15, 0.2) is 0 Å². The maximum Gasteiger partial charge on any atom is 0.226 e. The van der Waals surface area contributed by atoms with Crippen LogP contribution in [0.2, 0.25) is 5.02 Å². The molecule has 1 amide bonds. The van der Waals surface area contributed by atoms with Crippen molar-refractivity contribution in [2.75, 3.05) is 33.3 Å². The molecule has 23 heavy (non-hydrogen) atoms. The largest absolute Gasteiger partial charge is 0.492 e. The fourth-order valence-corrected chi connectivity index (χ4v) is 3.51. The first kappa shape index (κ1) is 18.4. The lowest BCUT2D eigenvalue weighted by Gasteiger charge is -2.25. The summed E-state index contributed by atoms with van der Waals surface area (Å²) in [7, 11) is 1.88. The summed E-state index contributed by atoms with van der Waals surface area (Å²) < 4.78 is 5.66. The average molecular weight is 359 g/mol. The smallest absolute Gasteiger partial charge is 0.226 e. The first-order chi connectivity index (χ1) is 10.6. The van der Waals surface area contributed by atoms with Crippen molar-refractivity contribution in [3.63, 3.8) is 0 Å². The van der Waals surface area contributed by atoms with Gasteiger partial charge in [-0.05, 0) is 62.0 Å². The van der Waals surface area contributed by atoms with Gasteiger partial charge in [-0.1, -0.05) is 11.6 Å². The maximum atomic E-state index is 12.5. The van der Waals surface area contributed by atoms with Crippen molar-refractivity contribution in [1.29, 1.82) is 0 Å². The number of likely N-dealkylation sites (N-methyl/N-ethyl adjacent to an activating group) is 1. The van der Waals surface area contributed by atoms with Crippen molar-refractivity contribution >= 4 is 29.9 Å². The molecule has 1 N–H and O–H groups in total. The molecule has 1 saturated carbocycles. The molecule has 1 saturated heterocycles. The Kier molecular flexibility index (Phi) is 6.18. The van der Waals surface area contributed by atoms with Crippen LogP contribution in [-0.4, -0.2) is 44.1 Å². The second kappa shape index (κ2) is 7.73. The van der Waals surface area contributed by atoms with E-state index >= 15 is 0 Å². The average Bonchev–Trinajstić information content (AvgIpc) is 3.22. The number of ether oxygens (including phenoxy) is 1. The van der Waals surface area contributed by atoms with Gasteiger partial charge in [0, 0.05) is 18.0 Å². The van der Waals surface area contributed by atoms with Crippen molar-refractivity contribution in [3.8, 4) is 5.75 Å². The Hall–Kier alpha value is -0.970. The van der Waals surface area contributed by atoms with E-state index in [4.69, 9.17) is 16.3 Å². The normalized spacial score (nSPS) is 21.4. The monoisotopic (exact) mass is 358 g/mol. The van der Waals surface area contributed by atoms with E-state index in [1.807, 2.05) is 24.1 Å². The molecule has 3 rings (SSSR count). The Labute approximate surface area is 148 Å². The number of carbonyl (C=O) groups excluding carboxylic acids is 1. The summed E-state index contributed by atoms with van der Waals surface area (Å²) in [6.45, 7) is 3.22. The number of hydrogen-bond acceptors (Lipinski definition) is 3. The molecule has 2 aliphatic rings.